The predicted octanol–water partition coefficient (Wildman–Crippen LogP) is 3.53. The van der Waals surface area contributed by atoms with Crippen LogP contribution in [-0.2, 0) is 6.42 Å². The Morgan fingerprint density at radius 3 is 2.74 bits per heavy atom. The van der Waals surface area contributed by atoms with E-state index < -0.39 is 0 Å². The molecular formula is C21H28N8OS. The highest BCUT2D eigenvalue weighted by atomic mass is 32.1. The minimum Gasteiger partial charge on any atom is -0.356 e. The van der Waals surface area contributed by atoms with Crippen molar-refractivity contribution in [1.82, 2.24) is 29.2 Å². The van der Waals surface area contributed by atoms with Gasteiger partial charge in [-0.2, -0.15) is 4.37 Å². The molecule has 5 rings (SSSR count). The monoisotopic (exact) mass is 440 g/mol. The number of H-pyrrole nitrogens is 1. The third kappa shape index (κ3) is 3.24. The maximum absolute atomic E-state index is 12.9. The van der Waals surface area contributed by atoms with Crippen LogP contribution in [0.2, 0.25) is 0 Å². The summed E-state index contributed by atoms with van der Waals surface area (Å²) in [7, 11) is 2.12. The fraction of sp³-hybridized carbons (Fsp3) is 0.571. The van der Waals surface area contributed by atoms with Gasteiger partial charge in [0.2, 0.25) is 5.13 Å². The van der Waals surface area contributed by atoms with E-state index in [1.165, 1.54) is 11.5 Å². The molecule has 0 aromatic carbocycles. The second kappa shape index (κ2) is 7.15. The van der Waals surface area contributed by atoms with Crippen molar-refractivity contribution in [2.45, 2.75) is 46.1 Å². The van der Waals surface area contributed by atoms with Crippen LogP contribution in [0.25, 0.3) is 11.0 Å². The van der Waals surface area contributed by atoms with Crippen LogP contribution in [0.5, 0.6) is 0 Å². The number of hydrogen-bond acceptors (Lipinski definition) is 7. The Morgan fingerprint density at radius 1 is 1.32 bits per heavy atom. The first-order valence-electron chi connectivity index (χ1n) is 10.7. The molecule has 3 atom stereocenters. The van der Waals surface area contributed by atoms with Crippen molar-refractivity contribution in [3.8, 4) is 0 Å². The zero-order chi connectivity index (χ0) is 21.8. The number of anilines is 2. The van der Waals surface area contributed by atoms with Crippen molar-refractivity contribution in [3.63, 3.8) is 0 Å². The van der Waals surface area contributed by atoms with Crippen LogP contribution in [0.3, 0.4) is 0 Å². The van der Waals surface area contributed by atoms with Crippen LogP contribution in [0.4, 0.5) is 15.7 Å². The number of urea groups is 1. The zero-order valence-electron chi connectivity index (χ0n) is 18.3. The molecule has 3 aromatic rings. The SMILES string of the molecule is CCc1nsc(NC(=O)N2C[C@]3(C)CC(N(C)c4ncnc5[nH]ccc45)C[C@]3(C)C2)n1. The molecule has 2 fully saturated rings. The molecule has 0 bridgehead atoms. The van der Waals surface area contributed by atoms with Crippen molar-refractivity contribution in [1.29, 1.82) is 0 Å². The van der Waals surface area contributed by atoms with Gasteiger partial charge in [-0.15, -0.1) is 0 Å². The number of carbonyl (C=O) groups is 1. The fourth-order valence-corrected chi connectivity index (χ4v) is 6.00. The smallest absolute Gasteiger partial charge is 0.323 e. The molecule has 1 saturated heterocycles. The molecular weight excluding hydrogens is 412 g/mol. The molecule has 0 radical (unpaired) electrons. The van der Waals surface area contributed by atoms with Gasteiger partial charge in [0, 0.05) is 50.3 Å². The van der Waals surface area contributed by atoms with E-state index in [2.05, 4.69) is 55.4 Å². The number of fused-ring (bicyclic) bond motifs is 2. The van der Waals surface area contributed by atoms with E-state index in [4.69, 9.17) is 0 Å². The second-order valence-electron chi connectivity index (χ2n) is 9.39. The van der Waals surface area contributed by atoms with Gasteiger partial charge >= 0.3 is 6.03 Å². The third-order valence-electron chi connectivity index (χ3n) is 7.41. The minimum absolute atomic E-state index is 0.0449. The molecule has 4 heterocycles. The molecule has 2 amide bonds. The normalized spacial score (nSPS) is 27.6. The number of aryl methyl sites for hydroxylation is 1. The third-order valence-corrected chi connectivity index (χ3v) is 8.08. The maximum atomic E-state index is 12.9. The molecule has 9 nitrogen and oxygen atoms in total. The van der Waals surface area contributed by atoms with Crippen molar-refractivity contribution in [2.75, 3.05) is 30.4 Å². The van der Waals surface area contributed by atoms with Crippen molar-refractivity contribution in [3.05, 3.63) is 24.4 Å². The number of carbonyl (C=O) groups excluding carboxylic acids is 1. The van der Waals surface area contributed by atoms with Crippen LogP contribution in [0.15, 0.2) is 18.6 Å². The lowest BCUT2D eigenvalue weighted by Crippen LogP contribution is -2.38. The van der Waals surface area contributed by atoms with Gasteiger partial charge in [0.05, 0.1) is 5.39 Å². The molecule has 164 valence electrons. The molecule has 2 N–H and O–H groups in total. The summed E-state index contributed by atoms with van der Waals surface area (Å²) in [6.07, 6.45) is 6.31. The molecule has 1 aliphatic heterocycles. The van der Waals surface area contributed by atoms with Crippen LogP contribution < -0.4 is 10.2 Å². The number of nitrogens with zero attached hydrogens (tertiary/aromatic N) is 6. The van der Waals surface area contributed by atoms with Gasteiger partial charge in [-0.05, 0) is 29.7 Å². The highest BCUT2D eigenvalue weighted by molar-refractivity contribution is 7.09. The zero-order valence-corrected chi connectivity index (χ0v) is 19.2. The molecule has 1 saturated carbocycles. The average Bonchev–Trinajstić information content (AvgIpc) is 3.48. The average molecular weight is 441 g/mol. The van der Waals surface area contributed by atoms with E-state index in [0.29, 0.717) is 11.2 Å². The van der Waals surface area contributed by atoms with Gasteiger partial charge in [-0.3, -0.25) is 5.32 Å². The highest BCUT2D eigenvalue weighted by Gasteiger charge is 2.59. The van der Waals surface area contributed by atoms with Crippen LogP contribution in [-0.4, -0.2) is 61.4 Å². The van der Waals surface area contributed by atoms with Gasteiger partial charge in [-0.25, -0.2) is 19.7 Å². The molecule has 1 unspecified atom stereocenters. The van der Waals surface area contributed by atoms with E-state index in [1.54, 1.807) is 6.33 Å². The van der Waals surface area contributed by atoms with Crippen molar-refractivity contribution >= 4 is 39.5 Å². The number of amides is 2. The Labute approximate surface area is 185 Å². The number of hydrogen-bond donors (Lipinski definition) is 2. The Kier molecular flexibility index (Phi) is 4.65. The Morgan fingerprint density at radius 2 is 2.06 bits per heavy atom. The summed E-state index contributed by atoms with van der Waals surface area (Å²) >= 11 is 1.24. The van der Waals surface area contributed by atoms with Crippen LogP contribution >= 0.6 is 11.5 Å². The molecule has 10 heteroatoms. The first-order valence-corrected chi connectivity index (χ1v) is 11.5. The lowest BCUT2D eigenvalue weighted by atomic mass is 9.71. The predicted molar refractivity (Wildman–Crippen MR) is 121 cm³/mol. The summed E-state index contributed by atoms with van der Waals surface area (Å²) < 4.78 is 4.25. The van der Waals surface area contributed by atoms with Gasteiger partial charge in [0.15, 0.2) is 0 Å². The summed E-state index contributed by atoms with van der Waals surface area (Å²) in [6.45, 7) is 8.12. The maximum Gasteiger partial charge on any atom is 0.323 e. The molecule has 31 heavy (non-hydrogen) atoms. The Balaban J connectivity index is 1.30. The van der Waals surface area contributed by atoms with Gasteiger partial charge < -0.3 is 14.8 Å². The summed E-state index contributed by atoms with van der Waals surface area (Å²) in [5, 5.41) is 4.56. The van der Waals surface area contributed by atoms with E-state index in [-0.39, 0.29) is 16.9 Å². The minimum atomic E-state index is -0.0783. The molecule has 0 spiro atoms. The van der Waals surface area contributed by atoms with Crippen LogP contribution in [0.1, 0.15) is 39.4 Å². The van der Waals surface area contributed by atoms with E-state index in [9.17, 15) is 4.79 Å². The lowest BCUT2D eigenvalue weighted by molar-refractivity contribution is 0.184. The molecule has 2 aliphatic rings. The molecule has 1 aliphatic carbocycles. The van der Waals surface area contributed by atoms with E-state index in [0.717, 1.165) is 55.0 Å². The highest BCUT2D eigenvalue weighted by Crippen LogP contribution is 2.58. The van der Waals surface area contributed by atoms with Gasteiger partial charge in [-0.1, -0.05) is 20.8 Å². The fourth-order valence-electron chi connectivity index (χ4n) is 5.36. The topological polar surface area (TPSA) is 103 Å². The lowest BCUT2D eigenvalue weighted by Gasteiger charge is -2.31. The number of rotatable bonds is 4. The second-order valence-corrected chi connectivity index (χ2v) is 10.1. The van der Waals surface area contributed by atoms with Crippen molar-refractivity contribution in [2.24, 2.45) is 10.8 Å². The quantitative estimate of drug-likeness (QED) is 0.643. The van der Waals surface area contributed by atoms with Crippen molar-refractivity contribution < 1.29 is 4.79 Å². The Bertz CT molecular complexity index is 1110. The summed E-state index contributed by atoms with van der Waals surface area (Å²) in [5.41, 5.74) is 0.949. The summed E-state index contributed by atoms with van der Waals surface area (Å²) in [4.78, 5) is 33.6. The number of aromatic amines is 1. The summed E-state index contributed by atoms with van der Waals surface area (Å²) in [5.74, 6) is 1.73. The number of aromatic nitrogens is 5. The van der Waals surface area contributed by atoms with E-state index >= 15 is 0 Å². The summed E-state index contributed by atoms with van der Waals surface area (Å²) in [6, 6.07) is 2.32. The number of nitrogens with one attached hydrogen (secondary N) is 2. The number of likely N-dealkylation sites (tertiary alicyclic amines) is 1. The Hall–Kier alpha value is -2.75. The molecule has 3 aromatic heterocycles. The van der Waals surface area contributed by atoms with E-state index in [1.807, 2.05) is 24.1 Å². The van der Waals surface area contributed by atoms with Gasteiger partial charge in [0.1, 0.15) is 23.6 Å². The van der Waals surface area contributed by atoms with Crippen LogP contribution in [0, 0.1) is 10.8 Å². The first-order chi connectivity index (χ1) is 14.8. The van der Waals surface area contributed by atoms with Gasteiger partial charge in [0.25, 0.3) is 0 Å². The standard InChI is InChI=1S/C21H28N8OS/c1-5-15-25-18(31-27-15)26-19(30)29-10-20(2)8-13(9-21(20,3)11-29)28(4)17-14-6-7-22-16(14)23-12-24-17/h6-7,12-13H,5,8-11H2,1-4H3,(H,22,23,24)(H,25,26,27,30)/t13?,20-,21+. The first kappa shape index (κ1) is 20.2. The largest absolute Gasteiger partial charge is 0.356 e.